The van der Waals surface area contributed by atoms with Crippen LogP contribution in [0.2, 0.25) is 0 Å². The molecule has 0 aromatic rings. The Morgan fingerprint density at radius 1 is 1.29 bits per heavy atom. The van der Waals surface area contributed by atoms with Crippen molar-refractivity contribution < 1.29 is 12.8 Å². The molecule has 0 bridgehead atoms. The van der Waals surface area contributed by atoms with Crippen LogP contribution in [0, 0.1) is 0 Å². The first-order chi connectivity index (χ1) is 8.01. The predicted molar refractivity (Wildman–Crippen MR) is 65.3 cm³/mol. The van der Waals surface area contributed by atoms with Gasteiger partial charge in [0.15, 0.2) is 0 Å². The molecule has 0 saturated carbocycles. The van der Waals surface area contributed by atoms with Gasteiger partial charge in [0.25, 0.3) is 0 Å². The zero-order valence-electron chi connectivity index (χ0n) is 9.39. The van der Waals surface area contributed by atoms with Gasteiger partial charge in [0, 0.05) is 13.1 Å². The average molecular weight is 255 g/mol. The van der Waals surface area contributed by atoms with Gasteiger partial charge < -0.3 is 0 Å². The highest BCUT2D eigenvalue weighted by atomic mass is 32.2. The van der Waals surface area contributed by atoms with E-state index in [9.17, 15) is 12.8 Å². The lowest BCUT2D eigenvalue weighted by atomic mass is 10.2. The van der Waals surface area contributed by atoms with Gasteiger partial charge in [-0.15, -0.1) is 0 Å². The molecule has 5 heteroatoms. The third-order valence-corrected chi connectivity index (χ3v) is 4.81. The zero-order chi connectivity index (χ0) is 12.5. The molecule has 0 radical (unpaired) electrons. The fourth-order valence-corrected chi connectivity index (χ4v) is 3.60. The predicted octanol–water partition coefficient (Wildman–Crippen LogP) is 2.28. The standard InChI is InChI=1S/C12H14FNO2S/c1-10-9-11(13)5-4-6-12(10)17(15,16)14-7-2-3-8-14/h4-6,9H,1-3,7-8H2. The van der Waals surface area contributed by atoms with E-state index in [2.05, 4.69) is 6.58 Å². The summed E-state index contributed by atoms with van der Waals surface area (Å²) in [4.78, 5) is 0.0864. The monoisotopic (exact) mass is 255 g/mol. The molecule has 0 amide bonds. The van der Waals surface area contributed by atoms with Crippen LogP contribution in [0.25, 0.3) is 0 Å². The molecule has 0 unspecified atom stereocenters. The van der Waals surface area contributed by atoms with Gasteiger partial charge in [-0.05, 0) is 36.6 Å². The highest BCUT2D eigenvalue weighted by Gasteiger charge is 2.30. The van der Waals surface area contributed by atoms with Crippen molar-refractivity contribution in [1.82, 2.24) is 4.31 Å². The van der Waals surface area contributed by atoms with Crippen molar-refractivity contribution in [3.8, 4) is 0 Å². The molecule has 2 aliphatic rings. The summed E-state index contributed by atoms with van der Waals surface area (Å²) in [5.74, 6) is -0.488. The first-order valence-electron chi connectivity index (χ1n) is 5.47. The van der Waals surface area contributed by atoms with Gasteiger partial charge >= 0.3 is 0 Å². The highest BCUT2D eigenvalue weighted by molar-refractivity contribution is 7.93. The van der Waals surface area contributed by atoms with Crippen LogP contribution < -0.4 is 0 Å². The molecule has 2 rings (SSSR count). The average Bonchev–Trinajstić information content (AvgIpc) is 2.72. The van der Waals surface area contributed by atoms with Crippen LogP contribution in [-0.4, -0.2) is 25.8 Å². The Hall–Kier alpha value is -1.20. The van der Waals surface area contributed by atoms with E-state index < -0.39 is 15.9 Å². The number of rotatable bonds is 2. The van der Waals surface area contributed by atoms with Gasteiger partial charge in [-0.2, -0.15) is 4.31 Å². The Bertz CT molecular complexity index is 523. The first-order valence-corrected chi connectivity index (χ1v) is 6.91. The Kier molecular flexibility index (Phi) is 3.31. The maximum absolute atomic E-state index is 13.1. The van der Waals surface area contributed by atoms with E-state index >= 15 is 0 Å². The Morgan fingerprint density at radius 3 is 2.59 bits per heavy atom. The second-order valence-electron chi connectivity index (χ2n) is 4.06. The molecule has 0 spiro atoms. The van der Waals surface area contributed by atoms with E-state index in [1.807, 2.05) is 0 Å². The van der Waals surface area contributed by atoms with Crippen LogP contribution >= 0.6 is 0 Å². The lowest BCUT2D eigenvalue weighted by Crippen LogP contribution is -2.29. The van der Waals surface area contributed by atoms with E-state index in [4.69, 9.17) is 0 Å². The molecular weight excluding hydrogens is 241 g/mol. The lowest BCUT2D eigenvalue weighted by Gasteiger charge is -2.17. The number of hydrogen-bond donors (Lipinski definition) is 0. The summed E-state index contributed by atoms with van der Waals surface area (Å²) in [5, 5.41) is 0. The van der Waals surface area contributed by atoms with Gasteiger partial charge in [0.05, 0.1) is 4.91 Å². The van der Waals surface area contributed by atoms with Gasteiger partial charge in [-0.25, -0.2) is 12.8 Å². The van der Waals surface area contributed by atoms with Crippen molar-refractivity contribution in [2.45, 2.75) is 12.8 Å². The third-order valence-electron chi connectivity index (χ3n) is 2.81. The summed E-state index contributed by atoms with van der Waals surface area (Å²) < 4.78 is 39.1. The summed E-state index contributed by atoms with van der Waals surface area (Å²) in [6, 6.07) is 0. The van der Waals surface area contributed by atoms with Crippen molar-refractivity contribution in [3.63, 3.8) is 0 Å². The van der Waals surface area contributed by atoms with Crippen LogP contribution in [0.3, 0.4) is 0 Å². The molecule has 3 nitrogen and oxygen atoms in total. The SMILES string of the molecule is C=C1C=C(F)C=CC=C1S(=O)(=O)N1CCCC1. The first kappa shape index (κ1) is 12.3. The molecule has 0 aromatic carbocycles. The largest absolute Gasteiger partial charge is 0.243 e. The van der Waals surface area contributed by atoms with E-state index in [0.29, 0.717) is 13.1 Å². The summed E-state index contributed by atoms with van der Waals surface area (Å²) >= 11 is 0. The normalized spacial score (nSPS) is 22.3. The van der Waals surface area contributed by atoms with Crippen LogP contribution in [0.15, 0.2) is 47.2 Å². The Labute approximate surface area is 101 Å². The molecule has 1 aliphatic heterocycles. The second kappa shape index (κ2) is 4.58. The third kappa shape index (κ3) is 2.40. The smallest absolute Gasteiger partial charge is 0.207 e. The molecule has 0 atom stereocenters. The molecule has 0 aromatic heterocycles. The quantitative estimate of drug-likeness (QED) is 0.759. The molecule has 1 saturated heterocycles. The summed E-state index contributed by atoms with van der Waals surface area (Å²) in [7, 11) is -3.53. The van der Waals surface area contributed by atoms with Crippen molar-refractivity contribution in [2.75, 3.05) is 13.1 Å². The zero-order valence-corrected chi connectivity index (χ0v) is 10.2. The number of sulfonamides is 1. The van der Waals surface area contributed by atoms with Gasteiger partial charge in [-0.1, -0.05) is 12.7 Å². The Morgan fingerprint density at radius 2 is 1.94 bits per heavy atom. The van der Waals surface area contributed by atoms with Crippen molar-refractivity contribution in [3.05, 3.63) is 47.2 Å². The fraction of sp³-hybridized carbons (Fsp3) is 0.333. The van der Waals surface area contributed by atoms with E-state index in [1.54, 1.807) is 0 Å². The summed E-state index contributed by atoms with van der Waals surface area (Å²) in [5.41, 5.74) is 0.194. The van der Waals surface area contributed by atoms with Gasteiger partial charge in [0.2, 0.25) is 10.0 Å². The van der Waals surface area contributed by atoms with Crippen molar-refractivity contribution in [2.24, 2.45) is 0 Å². The minimum absolute atomic E-state index is 0.0864. The highest BCUT2D eigenvalue weighted by Crippen LogP contribution is 2.27. The minimum atomic E-state index is -3.53. The molecule has 92 valence electrons. The maximum Gasteiger partial charge on any atom is 0.243 e. The number of nitrogens with zero attached hydrogens (tertiary/aromatic N) is 1. The Balaban J connectivity index is 2.37. The van der Waals surface area contributed by atoms with Gasteiger partial charge in [-0.3, -0.25) is 0 Å². The summed E-state index contributed by atoms with van der Waals surface area (Å²) in [6.45, 7) is 4.67. The number of halogens is 1. The topological polar surface area (TPSA) is 37.4 Å². The molecule has 1 fully saturated rings. The summed E-state index contributed by atoms with van der Waals surface area (Å²) in [6.07, 6.45) is 6.91. The van der Waals surface area contributed by atoms with E-state index in [1.165, 1.54) is 22.5 Å². The van der Waals surface area contributed by atoms with Crippen molar-refractivity contribution in [1.29, 1.82) is 0 Å². The molecule has 1 aliphatic carbocycles. The van der Waals surface area contributed by atoms with Gasteiger partial charge in [0.1, 0.15) is 5.83 Å². The maximum atomic E-state index is 13.1. The fourth-order valence-electron chi connectivity index (χ4n) is 1.94. The minimum Gasteiger partial charge on any atom is -0.207 e. The van der Waals surface area contributed by atoms with Crippen LogP contribution in [0.1, 0.15) is 12.8 Å². The number of allylic oxidation sites excluding steroid dienone is 6. The van der Waals surface area contributed by atoms with E-state index in [0.717, 1.165) is 18.9 Å². The number of hydrogen-bond acceptors (Lipinski definition) is 2. The molecule has 17 heavy (non-hydrogen) atoms. The van der Waals surface area contributed by atoms with Crippen LogP contribution in [-0.2, 0) is 10.0 Å². The van der Waals surface area contributed by atoms with Crippen LogP contribution in [0.5, 0.6) is 0 Å². The molecule has 0 N–H and O–H groups in total. The van der Waals surface area contributed by atoms with Crippen molar-refractivity contribution >= 4 is 10.0 Å². The lowest BCUT2D eigenvalue weighted by molar-refractivity contribution is 0.484. The van der Waals surface area contributed by atoms with E-state index in [-0.39, 0.29) is 10.5 Å². The second-order valence-corrected chi connectivity index (χ2v) is 5.96. The van der Waals surface area contributed by atoms with Crippen LogP contribution in [0.4, 0.5) is 4.39 Å². The molecule has 1 heterocycles. The molecular formula is C12H14FNO2S.